The molecule has 0 aromatic carbocycles. The van der Waals surface area contributed by atoms with E-state index in [4.69, 9.17) is 25.4 Å². The molecule has 4 heterocycles. The van der Waals surface area contributed by atoms with Gasteiger partial charge < -0.3 is 45.8 Å². The predicted molar refractivity (Wildman–Crippen MR) is 123 cm³/mol. The van der Waals surface area contributed by atoms with E-state index in [2.05, 4.69) is 9.97 Å². The van der Waals surface area contributed by atoms with Gasteiger partial charge in [0.2, 0.25) is 5.95 Å². The Morgan fingerprint density at radius 2 is 1.46 bits per heavy atom. The standard InChI is InChI=1S/C9H11IN2O6.C9H13N3O5/c10-3-1-12(9(17)11-7(3)16)8-6(15)5(14)4(2-13)18-8;10-9-11-5(14)1-2-12(9)8-7(16)6(15)4(3-13)17-8/h1,4-6,8,13-15H,2H2,(H,11,16,17);1-2,4,6-8,13,15-16H,3H2,(H2,10,11,14)/t4-,5-,6-,8-;4-,6-,7-,8-/m11/s1. The minimum Gasteiger partial charge on any atom is -0.394 e. The zero-order valence-electron chi connectivity index (χ0n) is 17.8. The molecule has 2 aliphatic heterocycles. The molecule has 4 rings (SSSR count). The molecule has 17 heteroatoms. The maximum absolute atomic E-state index is 11.6. The van der Waals surface area contributed by atoms with E-state index < -0.39 is 79.1 Å². The number of aliphatic hydroxyl groups excluding tert-OH is 6. The lowest BCUT2D eigenvalue weighted by atomic mass is 10.1. The molecule has 0 unspecified atom stereocenters. The van der Waals surface area contributed by atoms with Crippen molar-refractivity contribution in [1.29, 1.82) is 0 Å². The molecule has 2 saturated heterocycles. The van der Waals surface area contributed by atoms with Gasteiger partial charge in [0.25, 0.3) is 11.1 Å². The number of hydrogen-bond donors (Lipinski definition) is 8. The molecule has 0 amide bonds. The first-order valence-electron chi connectivity index (χ1n) is 10.1. The lowest BCUT2D eigenvalue weighted by molar-refractivity contribution is -0.0551. The van der Waals surface area contributed by atoms with Crippen LogP contribution in [0, 0.1) is 3.57 Å². The van der Waals surface area contributed by atoms with Gasteiger partial charge >= 0.3 is 5.69 Å². The molecule has 2 aromatic rings. The molecular weight excluding hydrogens is 589 g/mol. The van der Waals surface area contributed by atoms with E-state index in [0.717, 1.165) is 10.6 Å². The molecule has 0 aliphatic carbocycles. The monoisotopic (exact) mass is 613 g/mol. The first-order valence-corrected chi connectivity index (χ1v) is 11.2. The number of halogens is 1. The molecule has 194 valence electrons. The molecule has 0 radical (unpaired) electrons. The number of nitrogens with two attached hydrogens (primary N) is 1. The summed E-state index contributed by atoms with van der Waals surface area (Å²) in [5.74, 6) is -0.132. The lowest BCUT2D eigenvalue weighted by Gasteiger charge is -2.19. The Bertz CT molecular complexity index is 1200. The lowest BCUT2D eigenvalue weighted by Crippen LogP contribution is -2.38. The Balaban J connectivity index is 0.000000196. The summed E-state index contributed by atoms with van der Waals surface area (Å²) < 4.78 is 12.9. The van der Waals surface area contributed by atoms with E-state index in [1.807, 2.05) is 0 Å². The third-order valence-electron chi connectivity index (χ3n) is 5.37. The van der Waals surface area contributed by atoms with Gasteiger partial charge in [0.1, 0.15) is 36.6 Å². The minimum atomic E-state index is -1.36. The second-order valence-electron chi connectivity index (χ2n) is 7.63. The van der Waals surface area contributed by atoms with Gasteiger partial charge in [-0.25, -0.2) is 4.79 Å². The van der Waals surface area contributed by atoms with Crippen molar-refractivity contribution in [3.63, 3.8) is 0 Å². The molecule has 0 saturated carbocycles. The van der Waals surface area contributed by atoms with Crippen LogP contribution < -0.4 is 22.5 Å². The Morgan fingerprint density at radius 3 is 1.91 bits per heavy atom. The van der Waals surface area contributed by atoms with Gasteiger partial charge in [-0.1, -0.05) is 0 Å². The van der Waals surface area contributed by atoms with Crippen LogP contribution >= 0.6 is 22.6 Å². The number of nitrogens with one attached hydrogen (secondary N) is 1. The third kappa shape index (κ3) is 5.62. The average Bonchev–Trinajstić information content (AvgIpc) is 3.26. The molecule has 35 heavy (non-hydrogen) atoms. The summed E-state index contributed by atoms with van der Waals surface area (Å²) in [6.07, 6.45) is -6.58. The summed E-state index contributed by atoms with van der Waals surface area (Å²) in [5.41, 5.74) is 3.71. The highest BCUT2D eigenvalue weighted by Crippen LogP contribution is 2.30. The van der Waals surface area contributed by atoms with Gasteiger partial charge in [-0.3, -0.25) is 23.7 Å². The van der Waals surface area contributed by atoms with Crippen molar-refractivity contribution >= 4 is 28.5 Å². The van der Waals surface area contributed by atoms with Gasteiger partial charge in [-0.15, -0.1) is 0 Å². The Morgan fingerprint density at radius 1 is 0.943 bits per heavy atom. The highest BCUT2D eigenvalue weighted by atomic mass is 127. The van der Waals surface area contributed by atoms with E-state index in [-0.39, 0.29) is 9.52 Å². The van der Waals surface area contributed by atoms with Crippen LogP contribution in [0.1, 0.15) is 12.5 Å². The van der Waals surface area contributed by atoms with Crippen molar-refractivity contribution in [2.24, 2.45) is 0 Å². The van der Waals surface area contributed by atoms with Crippen LogP contribution in [0.5, 0.6) is 0 Å². The van der Waals surface area contributed by atoms with Crippen molar-refractivity contribution in [2.45, 2.75) is 49.1 Å². The first kappa shape index (κ1) is 27.4. The van der Waals surface area contributed by atoms with E-state index >= 15 is 0 Å². The van der Waals surface area contributed by atoms with Gasteiger partial charge in [0, 0.05) is 18.5 Å². The van der Waals surface area contributed by atoms with Crippen molar-refractivity contribution in [3.8, 4) is 0 Å². The summed E-state index contributed by atoms with van der Waals surface area (Å²) >= 11 is 1.73. The molecule has 9 N–H and O–H groups in total. The molecule has 16 nitrogen and oxygen atoms in total. The molecule has 2 aromatic heterocycles. The van der Waals surface area contributed by atoms with E-state index in [0.29, 0.717) is 0 Å². The third-order valence-corrected chi connectivity index (χ3v) is 6.14. The number of H-pyrrole nitrogens is 1. The van der Waals surface area contributed by atoms with Crippen LogP contribution in [-0.2, 0) is 9.47 Å². The van der Waals surface area contributed by atoms with E-state index in [9.17, 15) is 34.8 Å². The van der Waals surface area contributed by atoms with Crippen LogP contribution in [0.25, 0.3) is 0 Å². The number of aliphatic hydroxyl groups is 6. The van der Waals surface area contributed by atoms with Gasteiger partial charge in [0.15, 0.2) is 12.5 Å². The van der Waals surface area contributed by atoms with Gasteiger partial charge in [-0.2, -0.15) is 4.98 Å². The molecule has 0 bridgehead atoms. The Kier molecular flexibility index (Phi) is 8.77. The number of aromatic amines is 1. The van der Waals surface area contributed by atoms with Crippen molar-refractivity contribution in [3.05, 3.63) is 53.2 Å². The van der Waals surface area contributed by atoms with Crippen LogP contribution in [0.15, 0.2) is 32.8 Å². The summed E-state index contributed by atoms with van der Waals surface area (Å²) in [6.45, 7) is -0.911. The molecule has 2 aliphatic rings. The Labute approximate surface area is 209 Å². The SMILES string of the molecule is Nc1nc(=O)ccn1[C@@H]1O[C@H](CO)[C@@H](O)[C@H]1O.O=c1[nH]c(=O)n([C@@H]2O[C@H](CO)[C@@H](O)[C@H]2O)cc1I. The van der Waals surface area contributed by atoms with E-state index in [1.54, 1.807) is 22.6 Å². The zero-order valence-corrected chi connectivity index (χ0v) is 19.9. The Hall–Kier alpha value is -2.23. The fraction of sp³-hybridized carbons (Fsp3) is 0.556. The number of ether oxygens (including phenoxy) is 2. The van der Waals surface area contributed by atoms with Crippen molar-refractivity contribution < 1.29 is 40.1 Å². The second kappa shape index (κ2) is 11.2. The topological polar surface area (TPSA) is 256 Å². The number of nitrogen functional groups attached to an aromatic ring is 1. The molecular formula is C18H24IN5O11. The number of rotatable bonds is 4. The van der Waals surface area contributed by atoms with Gasteiger partial charge in [0.05, 0.1) is 16.8 Å². The highest BCUT2D eigenvalue weighted by Gasteiger charge is 2.44. The molecule has 0 spiro atoms. The quantitative estimate of drug-likeness (QED) is 0.151. The van der Waals surface area contributed by atoms with Crippen LogP contribution in [0.4, 0.5) is 5.95 Å². The summed E-state index contributed by atoms with van der Waals surface area (Å²) in [6, 6.07) is 1.16. The predicted octanol–water partition coefficient (Wildman–Crippen LogP) is -4.81. The highest BCUT2D eigenvalue weighted by molar-refractivity contribution is 14.1. The summed E-state index contributed by atoms with van der Waals surface area (Å²) in [5, 5.41) is 56.5. The van der Waals surface area contributed by atoms with Crippen LogP contribution in [0.2, 0.25) is 0 Å². The number of hydrogen-bond acceptors (Lipinski definition) is 13. The minimum absolute atomic E-state index is 0.132. The van der Waals surface area contributed by atoms with Crippen molar-refractivity contribution in [1.82, 2.24) is 19.1 Å². The van der Waals surface area contributed by atoms with E-state index in [1.165, 1.54) is 17.0 Å². The van der Waals surface area contributed by atoms with Gasteiger partial charge in [-0.05, 0) is 22.6 Å². The second-order valence-corrected chi connectivity index (χ2v) is 8.79. The number of aromatic nitrogens is 4. The summed E-state index contributed by atoms with van der Waals surface area (Å²) in [4.78, 5) is 39.3. The normalized spacial score (nSPS) is 32.3. The largest absolute Gasteiger partial charge is 0.394 e. The molecule has 2 fully saturated rings. The average molecular weight is 613 g/mol. The maximum Gasteiger partial charge on any atom is 0.330 e. The smallest absolute Gasteiger partial charge is 0.330 e. The fourth-order valence-electron chi connectivity index (χ4n) is 3.51. The van der Waals surface area contributed by atoms with Crippen LogP contribution in [0.3, 0.4) is 0 Å². The maximum atomic E-state index is 11.6. The molecule has 8 atom stereocenters. The number of nitrogens with zero attached hydrogens (tertiary/aromatic N) is 3. The summed E-state index contributed by atoms with van der Waals surface area (Å²) in [7, 11) is 0. The first-order chi connectivity index (χ1) is 16.5. The van der Waals surface area contributed by atoms with Crippen LogP contribution in [-0.4, -0.2) is 99.6 Å². The number of anilines is 1. The zero-order chi connectivity index (χ0) is 26.0. The van der Waals surface area contributed by atoms with Crippen molar-refractivity contribution in [2.75, 3.05) is 18.9 Å². The fourth-order valence-corrected chi connectivity index (χ4v) is 3.95.